The van der Waals surface area contributed by atoms with Crippen LogP contribution in [-0.4, -0.2) is 35.0 Å². The second-order valence-electron chi connectivity index (χ2n) is 5.31. The standard InChI is InChI=1S/C11H17NO3/c1-11(2,3)15-10(14)12-5-4-7-6-8(12)9(7)13/h7-8H,4-6H2,1-3H3. The van der Waals surface area contributed by atoms with Crippen LogP contribution in [0.15, 0.2) is 0 Å². The molecule has 2 atom stereocenters. The second-order valence-corrected chi connectivity index (χ2v) is 5.31. The highest BCUT2D eigenvalue weighted by Gasteiger charge is 2.49. The molecule has 0 aromatic rings. The zero-order valence-electron chi connectivity index (χ0n) is 9.45. The van der Waals surface area contributed by atoms with E-state index in [4.69, 9.17) is 4.74 Å². The number of piperidine rings is 2. The minimum atomic E-state index is -0.485. The molecule has 0 radical (unpaired) electrons. The van der Waals surface area contributed by atoms with Crippen LogP contribution in [0.25, 0.3) is 0 Å². The van der Waals surface area contributed by atoms with Crippen LogP contribution < -0.4 is 0 Å². The van der Waals surface area contributed by atoms with Gasteiger partial charge < -0.3 is 4.74 Å². The molecule has 4 heteroatoms. The number of ketones is 1. The van der Waals surface area contributed by atoms with E-state index >= 15 is 0 Å². The average molecular weight is 211 g/mol. The summed E-state index contributed by atoms with van der Waals surface area (Å²) < 4.78 is 5.26. The number of amides is 1. The molecule has 4 nitrogen and oxygen atoms in total. The Hall–Kier alpha value is -1.06. The maximum absolute atomic E-state index is 11.7. The van der Waals surface area contributed by atoms with Crippen LogP contribution in [0, 0.1) is 5.92 Å². The number of hydrogen-bond donors (Lipinski definition) is 0. The van der Waals surface area contributed by atoms with E-state index in [1.807, 2.05) is 20.8 Å². The van der Waals surface area contributed by atoms with Crippen LogP contribution in [0.4, 0.5) is 4.79 Å². The fourth-order valence-corrected chi connectivity index (χ4v) is 2.14. The molecule has 2 unspecified atom stereocenters. The zero-order chi connectivity index (χ0) is 11.2. The first-order valence-corrected chi connectivity index (χ1v) is 5.42. The van der Waals surface area contributed by atoms with Crippen molar-refractivity contribution in [3.63, 3.8) is 0 Å². The van der Waals surface area contributed by atoms with E-state index < -0.39 is 5.60 Å². The summed E-state index contributed by atoms with van der Waals surface area (Å²) in [6, 6.07) is -0.196. The van der Waals surface area contributed by atoms with Gasteiger partial charge in [-0.2, -0.15) is 0 Å². The van der Waals surface area contributed by atoms with Crippen molar-refractivity contribution >= 4 is 11.9 Å². The van der Waals surface area contributed by atoms with Gasteiger partial charge in [0.2, 0.25) is 0 Å². The van der Waals surface area contributed by atoms with Crippen molar-refractivity contribution in [1.82, 2.24) is 4.90 Å². The van der Waals surface area contributed by atoms with E-state index in [1.165, 1.54) is 0 Å². The molecule has 0 aromatic carbocycles. The third kappa shape index (κ3) is 1.85. The van der Waals surface area contributed by atoms with Gasteiger partial charge >= 0.3 is 6.09 Å². The number of carbonyl (C=O) groups excluding carboxylic acids is 2. The maximum Gasteiger partial charge on any atom is 0.410 e. The van der Waals surface area contributed by atoms with Crippen molar-refractivity contribution < 1.29 is 14.3 Å². The van der Waals surface area contributed by atoms with Gasteiger partial charge in [-0.3, -0.25) is 9.69 Å². The van der Waals surface area contributed by atoms with E-state index in [1.54, 1.807) is 4.90 Å². The van der Waals surface area contributed by atoms with Gasteiger partial charge in [-0.25, -0.2) is 4.79 Å². The Morgan fingerprint density at radius 2 is 2.13 bits per heavy atom. The number of nitrogens with zero attached hydrogens (tertiary/aromatic N) is 1. The monoisotopic (exact) mass is 211 g/mol. The summed E-state index contributed by atoms with van der Waals surface area (Å²) in [4.78, 5) is 24.8. The zero-order valence-corrected chi connectivity index (χ0v) is 9.45. The fourth-order valence-electron chi connectivity index (χ4n) is 2.14. The number of fused-ring (bicyclic) bond motifs is 2. The lowest BCUT2D eigenvalue weighted by Crippen LogP contribution is -2.61. The van der Waals surface area contributed by atoms with Crippen LogP contribution in [0.5, 0.6) is 0 Å². The van der Waals surface area contributed by atoms with E-state index in [0.29, 0.717) is 6.54 Å². The molecule has 15 heavy (non-hydrogen) atoms. The molecule has 3 aliphatic rings. The largest absolute Gasteiger partial charge is 0.444 e. The SMILES string of the molecule is CC(C)(C)OC(=O)N1CCC2CC1C2=O. The average Bonchev–Trinajstić information content (AvgIpc) is 2.14. The predicted octanol–water partition coefficient (Wildman–Crippen LogP) is 1.58. The molecule has 1 saturated carbocycles. The number of hydrogen-bond acceptors (Lipinski definition) is 3. The van der Waals surface area contributed by atoms with Crippen molar-refractivity contribution in [2.75, 3.05) is 6.54 Å². The molecule has 3 rings (SSSR count). The molecule has 0 aromatic heterocycles. The molecule has 84 valence electrons. The first-order valence-electron chi connectivity index (χ1n) is 5.42. The third-order valence-electron chi connectivity index (χ3n) is 2.96. The Labute approximate surface area is 89.6 Å². The van der Waals surface area contributed by atoms with Crippen molar-refractivity contribution in [3.05, 3.63) is 0 Å². The van der Waals surface area contributed by atoms with Gasteiger partial charge in [-0.05, 0) is 33.6 Å². The Morgan fingerprint density at radius 3 is 2.60 bits per heavy atom. The summed E-state index contributed by atoms with van der Waals surface area (Å²) in [5.41, 5.74) is -0.485. The first-order chi connectivity index (χ1) is 6.88. The minimum Gasteiger partial charge on any atom is -0.444 e. The smallest absolute Gasteiger partial charge is 0.410 e. The molecular formula is C11H17NO3. The molecule has 3 fully saturated rings. The van der Waals surface area contributed by atoms with Gasteiger partial charge in [0.15, 0.2) is 5.78 Å². The van der Waals surface area contributed by atoms with Gasteiger partial charge in [0.1, 0.15) is 5.60 Å². The first kappa shape index (κ1) is 10.5. The summed E-state index contributed by atoms with van der Waals surface area (Å²) in [5, 5.41) is 0. The number of ether oxygens (including phenoxy) is 1. The van der Waals surface area contributed by atoms with Crippen molar-refractivity contribution in [2.45, 2.75) is 45.3 Å². The van der Waals surface area contributed by atoms with E-state index in [-0.39, 0.29) is 23.8 Å². The summed E-state index contributed by atoms with van der Waals surface area (Å²) in [7, 11) is 0. The summed E-state index contributed by atoms with van der Waals surface area (Å²) in [6.45, 7) is 6.16. The van der Waals surface area contributed by atoms with Gasteiger partial charge in [0, 0.05) is 12.5 Å². The number of carbonyl (C=O) groups is 2. The molecule has 2 heterocycles. The predicted molar refractivity (Wildman–Crippen MR) is 54.5 cm³/mol. The van der Waals surface area contributed by atoms with Crippen molar-refractivity contribution in [1.29, 1.82) is 0 Å². The van der Waals surface area contributed by atoms with Crippen LogP contribution in [-0.2, 0) is 9.53 Å². The fraction of sp³-hybridized carbons (Fsp3) is 0.818. The van der Waals surface area contributed by atoms with Crippen LogP contribution in [0.2, 0.25) is 0 Å². The normalized spacial score (nSPS) is 29.8. The topological polar surface area (TPSA) is 46.6 Å². The lowest BCUT2D eigenvalue weighted by atomic mass is 9.72. The van der Waals surface area contributed by atoms with E-state index in [0.717, 1.165) is 12.8 Å². The minimum absolute atomic E-state index is 0.196. The number of Topliss-reactive ketones (excluding diaryl/α,β-unsaturated/α-hetero) is 1. The van der Waals surface area contributed by atoms with E-state index in [9.17, 15) is 9.59 Å². The van der Waals surface area contributed by atoms with Gasteiger partial charge in [0.05, 0.1) is 6.04 Å². The van der Waals surface area contributed by atoms with Crippen LogP contribution in [0.1, 0.15) is 33.6 Å². The van der Waals surface area contributed by atoms with Gasteiger partial charge in [-0.1, -0.05) is 0 Å². The van der Waals surface area contributed by atoms with E-state index in [2.05, 4.69) is 0 Å². The molecule has 0 N–H and O–H groups in total. The van der Waals surface area contributed by atoms with Gasteiger partial charge in [0.25, 0.3) is 0 Å². The molecule has 1 aliphatic carbocycles. The number of rotatable bonds is 0. The highest BCUT2D eigenvalue weighted by Crippen LogP contribution is 2.36. The molecule has 2 aliphatic heterocycles. The Kier molecular flexibility index (Phi) is 2.24. The molecular weight excluding hydrogens is 194 g/mol. The lowest BCUT2D eigenvalue weighted by molar-refractivity contribution is -0.143. The maximum atomic E-state index is 11.7. The lowest BCUT2D eigenvalue weighted by Gasteiger charge is -2.47. The van der Waals surface area contributed by atoms with Crippen LogP contribution >= 0.6 is 0 Å². The van der Waals surface area contributed by atoms with Crippen molar-refractivity contribution in [2.24, 2.45) is 5.92 Å². The Morgan fingerprint density at radius 1 is 1.47 bits per heavy atom. The summed E-state index contributed by atoms with van der Waals surface area (Å²) >= 11 is 0. The second kappa shape index (κ2) is 3.22. The summed E-state index contributed by atoms with van der Waals surface area (Å²) in [5.74, 6) is 0.431. The third-order valence-corrected chi connectivity index (χ3v) is 2.96. The quantitative estimate of drug-likeness (QED) is 0.611. The highest BCUT2D eigenvalue weighted by atomic mass is 16.6. The molecule has 1 amide bonds. The Bertz CT molecular complexity index is 303. The Balaban J connectivity index is 1.99. The van der Waals surface area contributed by atoms with Gasteiger partial charge in [-0.15, -0.1) is 0 Å². The molecule has 0 spiro atoms. The highest BCUT2D eigenvalue weighted by molar-refractivity contribution is 5.95. The molecule has 2 saturated heterocycles. The summed E-state index contributed by atoms with van der Waals surface area (Å²) in [6.07, 6.45) is 1.28. The molecule has 2 bridgehead atoms. The van der Waals surface area contributed by atoms with Crippen LogP contribution in [0.3, 0.4) is 0 Å². The van der Waals surface area contributed by atoms with Crippen molar-refractivity contribution in [3.8, 4) is 0 Å².